The zero-order valence-corrected chi connectivity index (χ0v) is 22.0. The lowest BCUT2D eigenvalue weighted by Gasteiger charge is -2.35. The summed E-state index contributed by atoms with van der Waals surface area (Å²) < 4.78 is 18.2. The smallest absolute Gasteiger partial charge is 0.338 e. The van der Waals surface area contributed by atoms with Crippen molar-refractivity contribution in [3.8, 4) is 0 Å². The third-order valence-corrected chi connectivity index (χ3v) is 8.19. The predicted octanol–water partition coefficient (Wildman–Crippen LogP) is 4.62. The molecule has 7 nitrogen and oxygen atoms in total. The summed E-state index contributed by atoms with van der Waals surface area (Å²) in [5, 5.41) is 0. The molecule has 0 radical (unpaired) electrons. The van der Waals surface area contributed by atoms with Gasteiger partial charge in [0.15, 0.2) is 5.60 Å². The molecule has 2 aliphatic carbocycles. The zero-order chi connectivity index (χ0) is 26.5. The van der Waals surface area contributed by atoms with Gasteiger partial charge < -0.3 is 14.2 Å². The standard InChI is InChI=1S/C29H36O7/c1-17-12-14-27(4,5)21(31)13-15-28(6)25(36-28)22-23(34-26(33)20-10-8-7-9-11-20)18(2)16-29(22,24(17)32)35-19(3)30/h7-12,18,22-23,25H,13-16H2,1-6H3/b17-12+/t18-,22-,23-,25-,28+,29+/m0/s1. The number of hydrogen-bond acceptors (Lipinski definition) is 7. The highest BCUT2D eigenvalue weighted by atomic mass is 16.6. The molecule has 6 atom stereocenters. The van der Waals surface area contributed by atoms with Gasteiger partial charge in [-0.1, -0.05) is 45.0 Å². The van der Waals surface area contributed by atoms with Crippen LogP contribution >= 0.6 is 0 Å². The van der Waals surface area contributed by atoms with E-state index in [1.807, 2.05) is 33.8 Å². The number of allylic oxidation sites excluding steroid dienone is 1. The highest BCUT2D eigenvalue weighted by Crippen LogP contribution is 2.57. The summed E-state index contributed by atoms with van der Waals surface area (Å²) in [4.78, 5) is 52.5. The Morgan fingerprint density at radius 1 is 1.08 bits per heavy atom. The fraction of sp³-hybridized carbons (Fsp3) is 0.586. The van der Waals surface area contributed by atoms with Gasteiger partial charge in [0.05, 0.1) is 23.2 Å². The second-order valence-electron chi connectivity index (χ2n) is 11.5. The van der Waals surface area contributed by atoms with Gasteiger partial charge in [-0.3, -0.25) is 14.4 Å². The van der Waals surface area contributed by atoms with Crippen molar-refractivity contribution in [2.45, 2.75) is 90.6 Å². The largest absolute Gasteiger partial charge is 0.458 e. The van der Waals surface area contributed by atoms with Crippen LogP contribution in [0.15, 0.2) is 42.0 Å². The normalized spacial score (nSPS) is 37.3. The van der Waals surface area contributed by atoms with Crippen molar-refractivity contribution >= 4 is 23.5 Å². The SMILES string of the molecule is CC(=O)O[C@]12C[C@H](C)[C@H](OC(=O)c3ccccc3)[C@H]1[C@@H]1O[C@]1(C)CCC(=O)C(C)(C)C/C=C(\C)C2=O. The van der Waals surface area contributed by atoms with Gasteiger partial charge in [0.1, 0.15) is 11.9 Å². The van der Waals surface area contributed by atoms with Gasteiger partial charge in [-0.05, 0) is 50.3 Å². The molecule has 0 spiro atoms. The molecule has 0 N–H and O–H groups in total. The number of carbonyl (C=O) groups excluding carboxylic acids is 4. The first-order chi connectivity index (χ1) is 16.8. The van der Waals surface area contributed by atoms with Crippen LogP contribution < -0.4 is 0 Å². The lowest BCUT2D eigenvalue weighted by molar-refractivity contribution is -0.171. The third kappa shape index (κ3) is 4.65. The highest BCUT2D eigenvalue weighted by Gasteiger charge is 2.71. The number of hydrogen-bond donors (Lipinski definition) is 0. The van der Waals surface area contributed by atoms with Crippen molar-refractivity contribution in [3.63, 3.8) is 0 Å². The molecule has 1 aliphatic heterocycles. The Labute approximate surface area is 212 Å². The molecule has 7 heteroatoms. The van der Waals surface area contributed by atoms with E-state index in [0.717, 1.165) is 0 Å². The Bertz CT molecular complexity index is 1100. The maximum absolute atomic E-state index is 14.1. The number of ketones is 2. The van der Waals surface area contributed by atoms with Gasteiger partial charge in [-0.25, -0.2) is 4.79 Å². The van der Waals surface area contributed by atoms with E-state index in [1.54, 1.807) is 37.3 Å². The fourth-order valence-electron chi connectivity index (χ4n) is 5.94. The van der Waals surface area contributed by atoms with Crippen LogP contribution in [0.25, 0.3) is 0 Å². The average molecular weight is 497 g/mol. The topological polar surface area (TPSA) is 99.3 Å². The van der Waals surface area contributed by atoms with Crippen molar-refractivity contribution in [2.75, 3.05) is 0 Å². The first-order valence-corrected chi connectivity index (χ1v) is 12.7. The van der Waals surface area contributed by atoms with Gasteiger partial charge in [-0.2, -0.15) is 0 Å². The number of esters is 2. The second kappa shape index (κ2) is 9.25. The lowest BCUT2D eigenvalue weighted by Crippen LogP contribution is -2.52. The number of fused-ring (bicyclic) bond motifs is 3. The third-order valence-electron chi connectivity index (χ3n) is 8.19. The number of benzene rings is 1. The second-order valence-corrected chi connectivity index (χ2v) is 11.5. The molecule has 0 amide bonds. The van der Waals surface area contributed by atoms with Gasteiger partial charge in [0, 0.05) is 25.2 Å². The van der Waals surface area contributed by atoms with E-state index in [9.17, 15) is 19.2 Å². The molecule has 0 aromatic heterocycles. The average Bonchev–Trinajstić information content (AvgIpc) is 3.41. The van der Waals surface area contributed by atoms with Gasteiger partial charge in [-0.15, -0.1) is 0 Å². The van der Waals surface area contributed by atoms with E-state index in [1.165, 1.54) is 6.92 Å². The number of carbonyl (C=O) groups is 4. The van der Waals surface area contributed by atoms with Gasteiger partial charge in [0.25, 0.3) is 0 Å². The summed E-state index contributed by atoms with van der Waals surface area (Å²) in [6.45, 7) is 10.6. The molecular formula is C29H36O7. The first kappa shape index (κ1) is 26.3. The molecule has 36 heavy (non-hydrogen) atoms. The summed E-state index contributed by atoms with van der Waals surface area (Å²) in [6, 6.07) is 8.67. The molecule has 0 bridgehead atoms. The number of rotatable bonds is 3. The maximum atomic E-state index is 14.1. The van der Waals surface area contributed by atoms with Crippen molar-refractivity contribution in [2.24, 2.45) is 17.3 Å². The molecule has 1 heterocycles. The fourth-order valence-corrected chi connectivity index (χ4v) is 5.94. The van der Waals surface area contributed by atoms with E-state index < -0.39 is 46.7 Å². The molecule has 1 saturated heterocycles. The molecule has 4 rings (SSSR count). The maximum Gasteiger partial charge on any atom is 0.338 e. The first-order valence-electron chi connectivity index (χ1n) is 12.7. The lowest BCUT2D eigenvalue weighted by atomic mass is 9.74. The number of Topliss-reactive ketones (excluding diaryl/α,β-unsaturated/α-hetero) is 2. The predicted molar refractivity (Wildman–Crippen MR) is 132 cm³/mol. The zero-order valence-electron chi connectivity index (χ0n) is 22.0. The molecule has 0 unspecified atom stereocenters. The molecule has 1 saturated carbocycles. The Kier molecular flexibility index (Phi) is 6.75. The van der Waals surface area contributed by atoms with Crippen LogP contribution in [-0.4, -0.2) is 46.9 Å². The minimum absolute atomic E-state index is 0.105. The molecule has 2 fully saturated rings. The summed E-state index contributed by atoms with van der Waals surface area (Å²) in [5.41, 5.74) is -2.03. The Morgan fingerprint density at radius 3 is 2.39 bits per heavy atom. The van der Waals surface area contributed by atoms with E-state index in [-0.39, 0.29) is 23.9 Å². The van der Waals surface area contributed by atoms with Crippen LogP contribution in [0.5, 0.6) is 0 Å². The molecular weight excluding hydrogens is 460 g/mol. The number of ether oxygens (including phenoxy) is 3. The quantitative estimate of drug-likeness (QED) is 0.445. The monoisotopic (exact) mass is 496 g/mol. The Hall–Kier alpha value is -2.80. The van der Waals surface area contributed by atoms with E-state index in [0.29, 0.717) is 30.4 Å². The minimum Gasteiger partial charge on any atom is -0.458 e. The minimum atomic E-state index is -1.52. The van der Waals surface area contributed by atoms with E-state index >= 15 is 0 Å². The van der Waals surface area contributed by atoms with Crippen molar-refractivity contribution in [3.05, 3.63) is 47.5 Å². The van der Waals surface area contributed by atoms with Gasteiger partial charge in [0.2, 0.25) is 5.78 Å². The van der Waals surface area contributed by atoms with E-state index in [2.05, 4.69) is 0 Å². The van der Waals surface area contributed by atoms with Crippen LogP contribution in [0.2, 0.25) is 0 Å². The van der Waals surface area contributed by atoms with Crippen LogP contribution in [0.3, 0.4) is 0 Å². The molecule has 1 aromatic rings. The molecule has 1 aromatic carbocycles. The van der Waals surface area contributed by atoms with Crippen LogP contribution in [0.4, 0.5) is 0 Å². The number of epoxide rings is 1. The van der Waals surface area contributed by atoms with Crippen LogP contribution in [0, 0.1) is 17.3 Å². The summed E-state index contributed by atoms with van der Waals surface area (Å²) >= 11 is 0. The van der Waals surface area contributed by atoms with Crippen molar-refractivity contribution < 1.29 is 33.4 Å². The van der Waals surface area contributed by atoms with Crippen molar-refractivity contribution in [1.82, 2.24) is 0 Å². The van der Waals surface area contributed by atoms with Crippen LogP contribution in [0.1, 0.15) is 77.6 Å². The van der Waals surface area contributed by atoms with Gasteiger partial charge >= 0.3 is 11.9 Å². The van der Waals surface area contributed by atoms with Crippen molar-refractivity contribution in [1.29, 1.82) is 0 Å². The Morgan fingerprint density at radius 2 is 1.75 bits per heavy atom. The summed E-state index contributed by atoms with van der Waals surface area (Å²) in [6.07, 6.45) is 1.96. The molecule has 194 valence electrons. The summed E-state index contributed by atoms with van der Waals surface area (Å²) in [5.74, 6) is -2.27. The van der Waals surface area contributed by atoms with Crippen LogP contribution in [-0.2, 0) is 28.6 Å². The summed E-state index contributed by atoms with van der Waals surface area (Å²) in [7, 11) is 0. The molecule has 3 aliphatic rings. The van der Waals surface area contributed by atoms with E-state index in [4.69, 9.17) is 14.2 Å². The highest BCUT2D eigenvalue weighted by molar-refractivity contribution is 6.03. The Balaban J connectivity index is 1.80.